The Hall–Kier alpha value is -3.29. The molecule has 34 heavy (non-hydrogen) atoms. The molecule has 4 rings (SSSR count). The normalized spacial score (nSPS) is 11.2. The number of nitrogens with zero attached hydrogens (tertiary/aromatic N) is 3. The van der Waals surface area contributed by atoms with Crippen LogP contribution in [0.15, 0.2) is 54.9 Å². The minimum absolute atomic E-state index is 0.307. The summed E-state index contributed by atoms with van der Waals surface area (Å²) in [5.41, 5.74) is 4.90. The Morgan fingerprint density at radius 3 is 2.38 bits per heavy atom. The van der Waals surface area contributed by atoms with Crippen LogP contribution < -0.4 is 5.32 Å². The molecular weight excluding hydrogens is 444 g/mol. The molecule has 0 fully saturated rings. The number of fused-ring (bicyclic) bond motifs is 1. The van der Waals surface area contributed by atoms with E-state index >= 15 is 0 Å². The first-order chi connectivity index (χ1) is 16.5. The SMILES string of the molecule is CCN(CC)CCOC(=O)c1ccc(Nc2ncnc3sc(C)c(-c4ccc(C)cc4)c23)cc1. The predicted molar refractivity (Wildman–Crippen MR) is 140 cm³/mol. The van der Waals surface area contributed by atoms with Gasteiger partial charge in [0.25, 0.3) is 0 Å². The van der Waals surface area contributed by atoms with Gasteiger partial charge < -0.3 is 15.0 Å². The molecule has 0 unspecified atom stereocenters. The van der Waals surface area contributed by atoms with Crippen LogP contribution in [0.5, 0.6) is 0 Å². The zero-order chi connectivity index (χ0) is 24.1. The maximum Gasteiger partial charge on any atom is 0.338 e. The van der Waals surface area contributed by atoms with Crippen molar-refractivity contribution in [3.63, 3.8) is 0 Å². The van der Waals surface area contributed by atoms with Crippen molar-refractivity contribution in [2.75, 3.05) is 31.6 Å². The summed E-state index contributed by atoms with van der Waals surface area (Å²) in [6.45, 7) is 11.4. The second-order valence-electron chi connectivity index (χ2n) is 8.17. The number of ether oxygens (including phenoxy) is 1. The number of aromatic nitrogens is 2. The number of rotatable bonds is 9. The van der Waals surface area contributed by atoms with Crippen LogP contribution in [-0.4, -0.2) is 47.1 Å². The number of nitrogens with one attached hydrogen (secondary N) is 1. The predicted octanol–water partition coefficient (Wildman–Crippen LogP) is 6.22. The zero-order valence-electron chi connectivity index (χ0n) is 20.1. The van der Waals surface area contributed by atoms with E-state index in [1.165, 1.54) is 10.4 Å². The van der Waals surface area contributed by atoms with Crippen LogP contribution in [0.1, 0.15) is 34.6 Å². The van der Waals surface area contributed by atoms with Crippen molar-refractivity contribution in [1.82, 2.24) is 14.9 Å². The topological polar surface area (TPSA) is 67.3 Å². The third kappa shape index (κ3) is 5.26. The molecule has 0 aliphatic carbocycles. The second kappa shape index (κ2) is 10.8. The van der Waals surface area contributed by atoms with E-state index in [2.05, 4.69) is 72.1 Å². The molecule has 0 aliphatic rings. The fourth-order valence-electron chi connectivity index (χ4n) is 3.92. The summed E-state index contributed by atoms with van der Waals surface area (Å²) in [6, 6.07) is 15.8. The van der Waals surface area contributed by atoms with Crippen LogP contribution in [0.2, 0.25) is 0 Å². The van der Waals surface area contributed by atoms with Crippen molar-refractivity contribution in [1.29, 1.82) is 0 Å². The van der Waals surface area contributed by atoms with Gasteiger partial charge in [0.15, 0.2) is 0 Å². The van der Waals surface area contributed by atoms with E-state index in [9.17, 15) is 4.79 Å². The summed E-state index contributed by atoms with van der Waals surface area (Å²) < 4.78 is 5.43. The fourth-order valence-corrected chi connectivity index (χ4v) is 4.94. The molecule has 0 saturated carbocycles. The molecule has 4 aromatic rings. The highest BCUT2D eigenvalue weighted by molar-refractivity contribution is 7.19. The molecule has 2 aromatic heterocycles. The average molecular weight is 475 g/mol. The molecule has 176 valence electrons. The van der Waals surface area contributed by atoms with E-state index in [-0.39, 0.29) is 5.97 Å². The van der Waals surface area contributed by atoms with Gasteiger partial charge in [-0.05, 0) is 56.8 Å². The van der Waals surface area contributed by atoms with Crippen molar-refractivity contribution in [3.05, 3.63) is 70.9 Å². The lowest BCUT2D eigenvalue weighted by molar-refractivity contribution is 0.0466. The van der Waals surface area contributed by atoms with E-state index in [1.807, 2.05) is 12.1 Å². The largest absolute Gasteiger partial charge is 0.461 e. The van der Waals surface area contributed by atoms with E-state index in [1.54, 1.807) is 29.8 Å². The summed E-state index contributed by atoms with van der Waals surface area (Å²) in [7, 11) is 0. The first kappa shape index (κ1) is 23.9. The van der Waals surface area contributed by atoms with E-state index in [0.29, 0.717) is 12.2 Å². The van der Waals surface area contributed by atoms with Crippen LogP contribution in [-0.2, 0) is 4.74 Å². The molecule has 0 aliphatic heterocycles. The Kier molecular flexibility index (Phi) is 7.55. The third-order valence-corrected chi connectivity index (χ3v) is 6.94. The Balaban J connectivity index is 1.53. The number of thiophene rings is 1. The zero-order valence-corrected chi connectivity index (χ0v) is 20.9. The number of benzene rings is 2. The number of aryl methyl sites for hydroxylation is 2. The molecule has 0 radical (unpaired) electrons. The number of esters is 1. The summed E-state index contributed by atoms with van der Waals surface area (Å²) in [5, 5.41) is 4.43. The van der Waals surface area contributed by atoms with Gasteiger partial charge in [0.2, 0.25) is 0 Å². The minimum atomic E-state index is -0.307. The Morgan fingerprint density at radius 2 is 1.71 bits per heavy atom. The Bertz CT molecular complexity index is 1260. The summed E-state index contributed by atoms with van der Waals surface area (Å²) in [5.74, 6) is 0.442. The van der Waals surface area contributed by atoms with Gasteiger partial charge >= 0.3 is 5.97 Å². The molecule has 6 nitrogen and oxygen atoms in total. The molecule has 1 N–H and O–H groups in total. The fraction of sp³-hybridized carbons (Fsp3) is 0.296. The lowest BCUT2D eigenvalue weighted by Gasteiger charge is -2.17. The van der Waals surface area contributed by atoms with Gasteiger partial charge in [0.05, 0.1) is 10.9 Å². The molecule has 0 saturated heterocycles. The monoisotopic (exact) mass is 474 g/mol. The van der Waals surface area contributed by atoms with Gasteiger partial charge in [-0.15, -0.1) is 11.3 Å². The lowest BCUT2D eigenvalue weighted by Crippen LogP contribution is -2.27. The van der Waals surface area contributed by atoms with Crippen LogP contribution in [0.3, 0.4) is 0 Å². The van der Waals surface area contributed by atoms with Crippen molar-refractivity contribution < 1.29 is 9.53 Å². The summed E-state index contributed by atoms with van der Waals surface area (Å²) in [6.07, 6.45) is 1.58. The first-order valence-electron chi connectivity index (χ1n) is 11.6. The van der Waals surface area contributed by atoms with Gasteiger partial charge in [-0.2, -0.15) is 0 Å². The van der Waals surface area contributed by atoms with E-state index in [4.69, 9.17) is 4.74 Å². The van der Waals surface area contributed by atoms with E-state index in [0.717, 1.165) is 52.5 Å². The van der Waals surface area contributed by atoms with Crippen LogP contribution in [0.4, 0.5) is 11.5 Å². The highest BCUT2D eigenvalue weighted by Gasteiger charge is 2.17. The number of carbonyl (C=O) groups excluding carboxylic acids is 1. The Morgan fingerprint density at radius 1 is 1.00 bits per heavy atom. The van der Waals surface area contributed by atoms with Crippen LogP contribution in [0.25, 0.3) is 21.3 Å². The van der Waals surface area contributed by atoms with Crippen LogP contribution >= 0.6 is 11.3 Å². The van der Waals surface area contributed by atoms with Crippen LogP contribution in [0, 0.1) is 13.8 Å². The molecule has 2 aromatic carbocycles. The van der Waals surface area contributed by atoms with Gasteiger partial charge in [-0.1, -0.05) is 43.7 Å². The molecular formula is C27H30N4O2S. The Labute approximate surface area is 204 Å². The maximum atomic E-state index is 12.4. The molecule has 0 spiro atoms. The number of hydrogen-bond acceptors (Lipinski definition) is 7. The summed E-state index contributed by atoms with van der Waals surface area (Å²) >= 11 is 1.67. The van der Waals surface area contributed by atoms with Crippen molar-refractivity contribution in [2.45, 2.75) is 27.7 Å². The number of carbonyl (C=O) groups is 1. The first-order valence-corrected chi connectivity index (χ1v) is 12.4. The van der Waals surface area contributed by atoms with Gasteiger partial charge in [-0.3, -0.25) is 0 Å². The lowest BCUT2D eigenvalue weighted by atomic mass is 10.0. The second-order valence-corrected chi connectivity index (χ2v) is 9.37. The molecule has 0 amide bonds. The van der Waals surface area contributed by atoms with Crippen molar-refractivity contribution in [2.24, 2.45) is 0 Å². The third-order valence-electron chi connectivity index (χ3n) is 5.92. The maximum absolute atomic E-state index is 12.4. The van der Waals surface area contributed by atoms with E-state index < -0.39 is 0 Å². The molecule has 2 heterocycles. The molecule has 7 heteroatoms. The average Bonchev–Trinajstić information content (AvgIpc) is 3.19. The standard InChI is InChI=1S/C27H30N4O2S/c1-5-31(6-2)15-16-33-27(32)21-11-13-22(14-12-21)30-25-24-23(20-9-7-18(3)8-10-20)19(4)34-26(24)29-17-28-25/h7-14,17H,5-6,15-16H2,1-4H3,(H,28,29,30). The number of anilines is 2. The number of hydrogen-bond donors (Lipinski definition) is 1. The smallest absolute Gasteiger partial charge is 0.338 e. The molecule has 0 atom stereocenters. The highest BCUT2D eigenvalue weighted by atomic mass is 32.1. The van der Waals surface area contributed by atoms with Gasteiger partial charge in [0, 0.05) is 22.7 Å². The quantitative estimate of drug-likeness (QED) is 0.291. The van der Waals surface area contributed by atoms with Crippen molar-refractivity contribution in [3.8, 4) is 11.1 Å². The molecule has 0 bridgehead atoms. The summed E-state index contributed by atoms with van der Waals surface area (Å²) in [4.78, 5) is 25.8. The van der Waals surface area contributed by atoms with Gasteiger partial charge in [0.1, 0.15) is 23.6 Å². The van der Waals surface area contributed by atoms with Gasteiger partial charge in [-0.25, -0.2) is 14.8 Å². The van der Waals surface area contributed by atoms with Crippen molar-refractivity contribution >= 4 is 39.0 Å². The minimum Gasteiger partial charge on any atom is -0.461 e. The number of likely N-dealkylation sites (N-methyl/N-ethyl adjacent to an activating group) is 1. The highest BCUT2D eigenvalue weighted by Crippen LogP contribution is 2.41.